The quantitative estimate of drug-likeness (QED) is 0.652. The Labute approximate surface area is 94.4 Å². The maximum atomic E-state index is 10.6. The van der Waals surface area contributed by atoms with Gasteiger partial charge in [-0.25, -0.2) is 4.79 Å². The van der Waals surface area contributed by atoms with Crippen LogP contribution >= 0.6 is 11.8 Å². The lowest BCUT2D eigenvalue weighted by molar-refractivity contribution is -0.156. The molecule has 4 nitrogen and oxygen atoms in total. The molecule has 0 radical (unpaired) electrons. The molecule has 0 amide bonds. The Morgan fingerprint density at radius 2 is 2.33 bits per heavy atom. The number of aliphatic carboxylic acids is 1. The van der Waals surface area contributed by atoms with Gasteiger partial charge in [0, 0.05) is 18.3 Å². The van der Waals surface area contributed by atoms with E-state index in [0.717, 1.165) is 6.54 Å². The lowest BCUT2D eigenvalue weighted by Gasteiger charge is -2.24. The van der Waals surface area contributed by atoms with E-state index in [1.807, 2.05) is 11.8 Å². The van der Waals surface area contributed by atoms with Crippen LogP contribution in [-0.2, 0) is 4.79 Å². The largest absolute Gasteiger partial charge is 0.479 e. The van der Waals surface area contributed by atoms with Crippen LogP contribution in [0.1, 0.15) is 26.2 Å². The molecule has 0 aromatic heterocycles. The van der Waals surface area contributed by atoms with Crippen molar-refractivity contribution >= 4 is 17.7 Å². The van der Waals surface area contributed by atoms with Crippen LogP contribution in [0.5, 0.6) is 0 Å². The first kappa shape index (κ1) is 12.8. The third kappa shape index (κ3) is 4.40. The highest BCUT2D eigenvalue weighted by Gasteiger charge is 2.29. The fourth-order valence-electron chi connectivity index (χ4n) is 1.52. The number of thioether (sulfide) groups is 1. The lowest BCUT2D eigenvalue weighted by atomic mass is 10.1. The molecule has 1 heterocycles. The second-order valence-corrected chi connectivity index (χ2v) is 5.61. The number of nitrogens with one attached hydrogen (secondary N) is 1. The van der Waals surface area contributed by atoms with Crippen LogP contribution in [0.3, 0.4) is 0 Å². The van der Waals surface area contributed by atoms with Crippen molar-refractivity contribution in [2.75, 3.05) is 18.8 Å². The molecule has 1 saturated heterocycles. The second kappa shape index (κ2) is 5.72. The molecular weight excluding hydrogens is 214 g/mol. The second-order valence-electron chi connectivity index (χ2n) is 4.20. The van der Waals surface area contributed by atoms with E-state index in [0.29, 0.717) is 5.25 Å². The number of carboxylic acids is 1. The first-order valence-electron chi connectivity index (χ1n) is 5.30. The van der Waals surface area contributed by atoms with Gasteiger partial charge in [-0.2, -0.15) is 11.8 Å². The average Bonchev–Trinajstić information content (AvgIpc) is 2.19. The van der Waals surface area contributed by atoms with E-state index < -0.39 is 11.6 Å². The summed E-state index contributed by atoms with van der Waals surface area (Å²) in [5.41, 5.74) is -1.65. The Morgan fingerprint density at radius 1 is 1.60 bits per heavy atom. The zero-order valence-electron chi connectivity index (χ0n) is 9.03. The van der Waals surface area contributed by atoms with Crippen molar-refractivity contribution < 1.29 is 15.0 Å². The predicted molar refractivity (Wildman–Crippen MR) is 61.2 cm³/mol. The van der Waals surface area contributed by atoms with Gasteiger partial charge >= 0.3 is 5.97 Å². The van der Waals surface area contributed by atoms with Gasteiger partial charge in [0.25, 0.3) is 0 Å². The van der Waals surface area contributed by atoms with Gasteiger partial charge in [-0.05, 0) is 25.5 Å². The Bertz CT molecular complexity index is 215. The Kier molecular flexibility index (Phi) is 4.89. The summed E-state index contributed by atoms with van der Waals surface area (Å²) in [7, 11) is 0. The van der Waals surface area contributed by atoms with E-state index in [9.17, 15) is 9.90 Å². The van der Waals surface area contributed by atoms with Crippen LogP contribution < -0.4 is 5.32 Å². The standard InChI is InChI=1S/C10H19NO3S/c1-10(14,9(12)13)7-11-6-8-4-2-3-5-15-8/h8,11,14H,2-7H2,1H3,(H,12,13). The number of aliphatic hydroxyl groups is 1. The summed E-state index contributed by atoms with van der Waals surface area (Å²) >= 11 is 1.93. The third-order valence-electron chi connectivity index (χ3n) is 2.58. The van der Waals surface area contributed by atoms with Crippen LogP contribution in [-0.4, -0.2) is 45.9 Å². The van der Waals surface area contributed by atoms with E-state index in [-0.39, 0.29) is 6.54 Å². The minimum atomic E-state index is -1.65. The molecule has 15 heavy (non-hydrogen) atoms. The van der Waals surface area contributed by atoms with Crippen LogP contribution in [0.25, 0.3) is 0 Å². The Hall–Kier alpha value is -0.260. The molecule has 0 aromatic carbocycles. The summed E-state index contributed by atoms with van der Waals surface area (Å²) in [4.78, 5) is 10.6. The minimum absolute atomic E-state index is 0.111. The summed E-state index contributed by atoms with van der Waals surface area (Å²) in [6, 6.07) is 0. The van der Waals surface area contributed by atoms with Gasteiger partial charge in [0.1, 0.15) is 0 Å². The SMILES string of the molecule is CC(O)(CNCC1CCCCS1)C(=O)O. The molecule has 3 N–H and O–H groups in total. The van der Waals surface area contributed by atoms with Crippen LogP contribution in [0.2, 0.25) is 0 Å². The normalized spacial score (nSPS) is 25.9. The molecule has 0 bridgehead atoms. The number of hydrogen-bond acceptors (Lipinski definition) is 4. The predicted octanol–water partition coefficient (Wildman–Crippen LogP) is 0.697. The van der Waals surface area contributed by atoms with Crippen LogP contribution in [0.15, 0.2) is 0 Å². The van der Waals surface area contributed by atoms with Gasteiger partial charge in [-0.15, -0.1) is 0 Å². The smallest absolute Gasteiger partial charge is 0.336 e. The number of carboxylic acid groups (broad SMARTS) is 1. The molecule has 1 rings (SSSR count). The Morgan fingerprint density at radius 3 is 2.87 bits per heavy atom. The maximum Gasteiger partial charge on any atom is 0.336 e. The summed E-state index contributed by atoms with van der Waals surface area (Å²) < 4.78 is 0. The zero-order valence-corrected chi connectivity index (χ0v) is 9.85. The Balaban J connectivity index is 2.17. The van der Waals surface area contributed by atoms with Crippen LogP contribution in [0, 0.1) is 0 Å². The molecule has 0 aliphatic carbocycles. The number of rotatable bonds is 5. The molecule has 0 spiro atoms. The molecule has 1 aliphatic rings. The molecule has 1 fully saturated rings. The van der Waals surface area contributed by atoms with Crippen molar-refractivity contribution in [2.45, 2.75) is 37.0 Å². The molecular formula is C10H19NO3S. The van der Waals surface area contributed by atoms with Crippen LogP contribution in [0.4, 0.5) is 0 Å². The van der Waals surface area contributed by atoms with Gasteiger partial charge in [0.15, 0.2) is 5.60 Å². The van der Waals surface area contributed by atoms with Crippen molar-refractivity contribution in [1.82, 2.24) is 5.32 Å². The summed E-state index contributed by atoms with van der Waals surface area (Å²) in [6.07, 6.45) is 3.73. The average molecular weight is 233 g/mol. The van der Waals surface area contributed by atoms with Gasteiger partial charge in [0.2, 0.25) is 0 Å². The van der Waals surface area contributed by atoms with Crippen molar-refractivity contribution in [3.63, 3.8) is 0 Å². The van der Waals surface area contributed by atoms with E-state index in [1.165, 1.54) is 31.9 Å². The van der Waals surface area contributed by atoms with Crippen molar-refractivity contribution in [3.05, 3.63) is 0 Å². The molecule has 1 aliphatic heterocycles. The molecule has 0 aromatic rings. The highest BCUT2D eigenvalue weighted by atomic mass is 32.2. The fraction of sp³-hybridized carbons (Fsp3) is 0.900. The topological polar surface area (TPSA) is 69.6 Å². The van der Waals surface area contributed by atoms with E-state index in [4.69, 9.17) is 5.11 Å². The zero-order chi connectivity index (χ0) is 11.3. The fourth-order valence-corrected chi connectivity index (χ4v) is 2.79. The summed E-state index contributed by atoms with van der Waals surface area (Å²) in [6.45, 7) is 2.21. The molecule has 5 heteroatoms. The van der Waals surface area contributed by atoms with Gasteiger partial charge in [-0.1, -0.05) is 6.42 Å². The lowest BCUT2D eigenvalue weighted by Crippen LogP contribution is -2.46. The minimum Gasteiger partial charge on any atom is -0.479 e. The highest BCUT2D eigenvalue weighted by Crippen LogP contribution is 2.24. The third-order valence-corrected chi connectivity index (χ3v) is 3.97. The van der Waals surface area contributed by atoms with E-state index in [2.05, 4.69) is 5.32 Å². The van der Waals surface area contributed by atoms with E-state index >= 15 is 0 Å². The molecule has 2 unspecified atom stereocenters. The van der Waals surface area contributed by atoms with Crippen molar-refractivity contribution in [3.8, 4) is 0 Å². The molecule has 2 atom stereocenters. The summed E-state index contributed by atoms with van der Waals surface area (Å²) in [5.74, 6) is 0.0214. The molecule has 0 saturated carbocycles. The summed E-state index contributed by atoms with van der Waals surface area (Å²) in [5, 5.41) is 21.7. The monoisotopic (exact) mass is 233 g/mol. The number of hydrogen-bond donors (Lipinski definition) is 3. The van der Waals surface area contributed by atoms with Gasteiger partial charge in [-0.3, -0.25) is 0 Å². The first-order chi connectivity index (χ1) is 7.02. The first-order valence-corrected chi connectivity index (χ1v) is 6.35. The van der Waals surface area contributed by atoms with E-state index in [1.54, 1.807) is 0 Å². The number of carbonyl (C=O) groups is 1. The maximum absolute atomic E-state index is 10.6. The highest BCUT2D eigenvalue weighted by molar-refractivity contribution is 7.99. The van der Waals surface area contributed by atoms with Gasteiger partial charge in [0.05, 0.1) is 0 Å². The van der Waals surface area contributed by atoms with Crippen molar-refractivity contribution in [2.24, 2.45) is 0 Å². The van der Waals surface area contributed by atoms with Gasteiger partial charge < -0.3 is 15.5 Å². The van der Waals surface area contributed by atoms with Crippen molar-refractivity contribution in [1.29, 1.82) is 0 Å². The molecule has 88 valence electrons.